The summed E-state index contributed by atoms with van der Waals surface area (Å²) in [7, 11) is 0. The molecule has 0 saturated heterocycles. The summed E-state index contributed by atoms with van der Waals surface area (Å²) in [5, 5.41) is 3.67. The summed E-state index contributed by atoms with van der Waals surface area (Å²) >= 11 is 2.91. The number of aromatic nitrogens is 3. The van der Waals surface area contributed by atoms with Gasteiger partial charge in [0.25, 0.3) is 5.56 Å². The Hall–Kier alpha value is -0.910. The molecular formula is C5H6BrN3O2. The largest absolute Gasteiger partial charge is 0.344 e. The van der Waals surface area contributed by atoms with E-state index in [1.54, 1.807) is 6.92 Å². The topological polar surface area (TPSA) is 67.8 Å². The van der Waals surface area contributed by atoms with Crippen molar-refractivity contribution >= 4 is 15.9 Å². The maximum Gasteiger partial charge on any atom is 0.344 e. The molecule has 1 N–H and O–H groups in total. The van der Waals surface area contributed by atoms with Crippen LogP contribution in [0.15, 0.2) is 14.2 Å². The molecule has 0 atom stereocenters. The molecule has 0 amide bonds. The highest BCUT2D eigenvalue weighted by Crippen LogP contribution is 1.90. The van der Waals surface area contributed by atoms with E-state index in [4.69, 9.17) is 0 Å². The zero-order valence-corrected chi connectivity index (χ0v) is 7.38. The number of hydrogen-bond acceptors (Lipinski definition) is 3. The van der Waals surface area contributed by atoms with Gasteiger partial charge in [-0.25, -0.2) is 9.48 Å². The van der Waals surface area contributed by atoms with Crippen molar-refractivity contribution in [1.29, 1.82) is 0 Å². The van der Waals surface area contributed by atoms with Gasteiger partial charge >= 0.3 is 5.69 Å². The first kappa shape index (κ1) is 8.19. The van der Waals surface area contributed by atoms with Crippen molar-refractivity contribution in [1.82, 2.24) is 14.8 Å². The first-order valence-electron chi connectivity index (χ1n) is 3.02. The second-order valence-corrected chi connectivity index (χ2v) is 2.62. The van der Waals surface area contributed by atoms with Crippen molar-refractivity contribution in [3.8, 4) is 0 Å². The lowest BCUT2D eigenvalue weighted by Crippen LogP contribution is -2.32. The number of aryl methyl sites for hydroxylation is 1. The van der Waals surface area contributed by atoms with Gasteiger partial charge in [0, 0.05) is 6.54 Å². The zero-order chi connectivity index (χ0) is 8.43. The zero-order valence-electron chi connectivity index (χ0n) is 5.80. The normalized spacial score (nSPS) is 10.0. The first-order chi connectivity index (χ1) is 5.15. The highest BCUT2D eigenvalue weighted by molar-refractivity contribution is 9.10. The van der Waals surface area contributed by atoms with E-state index in [-0.39, 0.29) is 4.60 Å². The van der Waals surface area contributed by atoms with Crippen molar-refractivity contribution in [2.75, 3.05) is 0 Å². The van der Waals surface area contributed by atoms with Crippen LogP contribution in [0.2, 0.25) is 0 Å². The Morgan fingerprint density at radius 2 is 2.27 bits per heavy atom. The Morgan fingerprint density at radius 3 is 2.82 bits per heavy atom. The average Bonchev–Trinajstić information content (AvgIpc) is 1.97. The SMILES string of the molecule is CCn1nc(Br)c(=O)[nH]c1=O. The molecule has 6 heteroatoms. The van der Waals surface area contributed by atoms with Crippen LogP contribution in [0, 0.1) is 0 Å². The minimum atomic E-state index is -0.500. The number of nitrogens with one attached hydrogen (secondary N) is 1. The van der Waals surface area contributed by atoms with Crippen LogP contribution in [-0.4, -0.2) is 14.8 Å². The third-order valence-electron chi connectivity index (χ3n) is 1.15. The monoisotopic (exact) mass is 219 g/mol. The molecule has 5 nitrogen and oxygen atoms in total. The fraction of sp³-hybridized carbons (Fsp3) is 0.400. The molecule has 1 aromatic heterocycles. The summed E-state index contributed by atoms with van der Waals surface area (Å²) < 4.78 is 1.28. The molecule has 0 spiro atoms. The molecule has 60 valence electrons. The van der Waals surface area contributed by atoms with Gasteiger partial charge in [0.15, 0.2) is 4.60 Å². The quantitative estimate of drug-likeness (QED) is 0.707. The minimum Gasteiger partial charge on any atom is -0.270 e. The lowest BCUT2D eigenvalue weighted by atomic mass is 10.7. The predicted molar refractivity (Wildman–Crippen MR) is 42.5 cm³/mol. The van der Waals surface area contributed by atoms with Gasteiger partial charge in [-0.1, -0.05) is 0 Å². The molecule has 0 aliphatic carbocycles. The molecule has 0 aromatic carbocycles. The second kappa shape index (κ2) is 3.00. The van der Waals surface area contributed by atoms with E-state index in [2.05, 4.69) is 26.0 Å². The Balaban J connectivity index is 3.45. The summed E-state index contributed by atoms with van der Waals surface area (Å²) in [6.07, 6.45) is 0. The summed E-state index contributed by atoms with van der Waals surface area (Å²) in [5.41, 5.74) is -0.986. The molecule has 1 aromatic rings. The van der Waals surface area contributed by atoms with Crippen LogP contribution in [0.1, 0.15) is 6.92 Å². The van der Waals surface area contributed by atoms with Crippen LogP contribution in [-0.2, 0) is 6.54 Å². The molecule has 1 rings (SSSR count). The van der Waals surface area contributed by atoms with Crippen molar-refractivity contribution in [2.45, 2.75) is 13.5 Å². The van der Waals surface area contributed by atoms with E-state index in [1.165, 1.54) is 0 Å². The molecule has 0 aliphatic rings. The van der Waals surface area contributed by atoms with Gasteiger partial charge in [0.1, 0.15) is 0 Å². The Bertz CT molecular complexity index is 367. The smallest absolute Gasteiger partial charge is 0.270 e. The number of hydrogen-bond donors (Lipinski definition) is 1. The highest BCUT2D eigenvalue weighted by Gasteiger charge is 1.99. The number of aromatic amines is 1. The predicted octanol–water partition coefficient (Wildman–Crippen LogP) is -0.286. The van der Waals surface area contributed by atoms with Gasteiger partial charge in [0.05, 0.1) is 0 Å². The van der Waals surface area contributed by atoms with Crippen LogP contribution in [0.3, 0.4) is 0 Å². The molecule has 0 aliphatic heterocycles. The van der Waals surface area contributed by atoms with Gasteiger partial charge in [-0.05, 0) is 22.9 Å². The third kappa shape index (κ3) is 1.56. The summed E-state index contributed by atoms with van der Waals surface area (Å²) in [4.78, 5) is 23.7. The number of H-pyrrole nitrogens is 1. The van der Waals surface area contributed by atoms with E-state index in [1.807, 2.05) is 0 Å². The van der Waals surface area contributed by atoms with Crippen LogP contribution >= 0.6 is 15.9 Å². The van der Waals surface area contributed by atoms with Crippen molar-refractivity contribution in [3.05, 3.63) is 25.4 Å². The summed E-state index contributed by atoms with van der Waals surface area (Å²) in [6.45, 7) is 2.20. The fourth-order valence-corrected chi connectivity index (χ4v) is 0.915. The standard InChI is InChI=1S/C5H6BrN3O2/c1-2-9-5(11)7-4(10)3(6)8-9/h2H2,1H3,(H,7,10,11). The van der Waals surface area contributed by atoms with Crippen LogP contribution < -0.4 is 11.2 Å². The van der Waals surface area contributed by atoms with Crippen LogP contribution in [0.5, 0.6) is 0 Å². The lowest BCUT2D eigenvalue weighted by molar-refractivity contribution is 0.579. The first-order valence-corrected chi connectivity index (χ1v) is 3.81. The van der Waals surface area contributed by atoms with Gasteiger partial charge in [-0.15, -0.1) is 0 Å². The van der Waals surface area contributed by atoms with Gasteiger partial charge in [-0.2, -0.15) is 5.10 Å². The average molecular weight is 220 g/mol. The molecule has 0 fully saturated rings. The van der Waals surface area contributed by atoms with Gasteiger partial charge in [-0.3, -0.25) is 9.78 Å². The van der Waals surface area contributed by atoms with E-state index in [9.17, 15) is 9.59 Å². The fourth-order valence-electron chi connectivity index (χ4n) is 0.624. The molecule has 0 saturated carbocycles. The molecule has 0 radical (unpaired) electrons. The molecular weight excluding hydrogens is 214 g/mol. The maximum atomic E-state index is 10.8. The van der Waals surface area contributed by atoms with Gasteiger partial charge in [0.2, 0.25) is 0 Å². The lowest BCUT2D eigenvalue weighted by Gasteiger charge is -1.97. The maximum absolute atomic E-state index is 10.8. The summed E-state index contributed by atoms with van der Waals surface area (Å²) in [6, 6.07) is 0. The van der Waals surface area contributed by atoms with Crippen LogP contribution in [0.25, 0.3) is 0 Å². The van der Waals surface area contributed by atoms with Crippen molar-refractivity contribution in [3.63, 3.8) is 0 Å². The van der Waals surface area contributed by atoms with Crippen LogP contribution in [0.4, 0.5) is 0 Å². The molecule has 0 unspecified atom stereocenters. The number of rotatable bonds is 1. The Morgan fingerprint density at radius 1 is 1.64 bits per heavy atom. The van der Waals surface area contributed by atoms with E-state index >= 15 is 0 Å². The third-order valence-corrected chi connectivity index (χ3v) is 1.67. The molecule has 0 bridgehead atoms. The van der Waals surface area contributed by atoms with Gasteiger partial charge < -0.3 is 0 Å². The van der Waals surface area contributed by atoms with E-state index in [0.29, 0.717) is 6.54 Å². The molecule has 1 heterocycles. The summed E-state index contributed by atoms with van der Waals surface area (Å²) in [5.74, 6) is 0. The number of halogens is 1. The van der Waals surface area contributed by atoms with E-state index < -0.39 is 11.2 Å². The van der Waals surface area contributed by atoms with Crippen molar-refractivity contribution in [2.24, 2.45) is 0 Å². The molecule has 11 heavy (non-hydrogen) atoms. The van der Waals surface area contributed by atoms with Crippen molar-refractivity contribution < 1.29 is 0 Å². The highest BCUT2D eigenvalue weighted by atomic mass is 79.9. The minimum absolute atomic E-state index is 0.124. The Kier molecular flexibility index (Phi) is 2.23. The Labute approximate surface area is 70.2 Å². The second-order valence-electron chi connectivity index (χ2n) is 1.87. The number of nitrogens with zero attached hydrogens (tertiary/aromatic N) is 2. The van der Waals surface area contributed by atoms with E-state index in [0.717, 1.165) is 4.68 Å².